The molecule has 3 aromatic rings. The molecule has 1 fully saturated rings. The fraction of sp³-hybridized carbons (Fsp3) is 0.233. The minimum absolute atomic E-state index is 0.0264. The van der Waals surface area contributed by atoms with Crippen LogP contribution in [-0.4, -0.2) is 75.1 Å². The standard InChI is InChI=1S/C30H31N5O4/c1-33-15-17-35(18-16-33)30(38)34(2)23-12-10-22(11-13-23)31-27(20-7-5-4-6-8-20)26-24-14-9-21(29(37)39-3)19-25(24)32-28(26)36/h4-14,19,31H,15-18H2,1-3H3,(H,32,36)/b27-26-. The number of likely N-dealkylation sites (N-methyl/N-ethyl adjacent to an activating group) is 1. The maximum atomic E-state index is 13.2. The molecule has 3 aromatic carbocycles. The Morgan fingerprint density at radius 3 is 2.28 bits per heavy atom. The van der Waals surface area contributed by atoms with E-state index in [1.807, 2.05) is 59.5 Å². The summed E-state index contributed by atoms with van der Waals surface area (Å²) in [6, 6.07) is 22.1. The van der Waals surface area contributed by atoms with Gasteiger partial charge < -0.3 is 25.2 Å². The van der Waals surface area contributed by atoms with Gasteiger partial charge in [0.2, 0.25) is 0 Å². The van der Waals surface area contributed by atoms with Gasteiger partial charge in [0.25, 0.3) is 5.91 Å². The molecule has 2 heterocycles. The van der Waals surface area contributed by atoms with E-state index >= 15 is 0 Å². The number of anilines is 3. The highest BCUT2D eigenvalue weighted by atomic mass is 16.5. The van der Waals surface area contributed by atoms with E-state index in [4.69, 9.17) is 4.74 Å². The normalized spacial score (nSPS) is 16.3. The number of carbonyl (C=O) groups excluding carboxylic acids is 3. The fourth-order valence-corrected chi connectivity index (χ4v) is 4.78. The Morgan fingerprint density at radius 1 is 0.923 bits per heavy atom. The summed E-state index contributed by atoms with van der Waals surface area (Å²) in [6.45, 7) is 3.14. The number of piperazine rings is 1. The van der Waals surface area contributed by atoms with E-state index in [2.05, 4.69) is 22.6 Å². The van der Waals surface area contributed by atoms with Crippen molar-refractivity contribution in [3.8, 4) is 0 Å². The highest BCUT2D eigenvalue weighted by Gasteiger charge is 2.29. The van der Waals surface area contributed by atoms with Gasteiger partial charge in [0.1, 0.15) is 0 Å². The van der Waals surface area contributed by atoms with Crippen molar-refractivity contribution in [3.05, 3.63) is 89.5 Å². The highest BCUT2D eigenvalue weighted by Crippen LogP contribution is 2.38. The average Bonchev–Trinajstić information content (AvgIpc) is 3.30. The highest BCUT2D eigenvalue weighted by molar-refractivity contribution is 6.37. The van der Waals surface area contributed by atoms with E-state index < -0.39 is 5.97 Å². The molecule has 0 radical (unpaired) electrons. The van der Waals surface area contributed by atoms with Crippen molar-refractivity contribution in [2.45, 2.75) is 0 Å². The van der Waals surface area contributed by atoms with Gasteiger partial charge in [0.05, 0.1) is 29.6 Å². The van der Waals surface area contributed by atoms with Gasteiger partial charge in [-0.2, -0.15) is 0 Å². The summed E-state index contributed by atoms with van der Waals surface area (Å²) < 4.78 is 4.82. The number of ether oxygens (including phenoxy) is 1. The van der Waals surface area contributed by atoms with Crippen molar-refractivity contribution < 1.29 is 19.1 Å². The number of hydrogen-bond acceptors (Lipinski definition) is 6. The molecular formula is C30H31N5O4. The summed E-state index contributed by atoms with van der Waals surface area (Å²) in [7, 11) is 5.16. The Kier molecular flexibility index (Phi) is 7.33. The number of nitrogens with zero attached hydrogens (tertiary/aromatic N) is 3. The summed E-state index contributed by atoms with van der Waals surface area (Å²) in [6.07, 6.45) is 0. The van der Waals surface area contributed by atoms with E-state index in [9.17, 15) is 14.4 Å². The third-order valence-electron chi connectivity index (χ3n) is 7.08. The zero-order valence-corrected chi connectivity index (χ0v) is 22.2. The molecule has 2 aliphatic rings. The van der Waals surface area contributed by atoms with Crippen LogP contribution < -0.4 is 15.5 Å². The Bertz CT molecular complexity index is 1430. The smallest absolute Gasteiger partial charge is 0.337 e. The van der Waals surface area contributed by atoms with Gasteiger partial charge in [-0.1, -0.05) is 36.4 Å². The van der Waals surface area contributed by atoms with Crippen molar-refractivity contribution in [2.24, 2.45) is 0 Å². The molecule has 0 saturated carbocycles. The first kappa shape index (κ1) is 26.0. The van der Waals surface area contributed by atoms with Crippen LogP contribution in [0.2, 0.25) is 0 Å². The van der Waals surface area contributed by atoms with Crippen molar-refractivity contribution in [1.29, 1.82) is 0 Å². The van der Waals surface area contributed by atoms with Gasteiger partial charge >= 0.3 is 12.0 Å². The molecule has 5 rings (SSSR count). The van der Waals surface area contributed by atoms with Gasteiger partial charge in [-0.15, -0.1) is 0 Å². The van der Waals surface area contributed by atoms with Crippen LogP contribution in [0.15, 0.2) is 72.8 Å². The van der Waals surface area contributed by atoms with Crippen molar-refractivity contribution in [3.63, 3.8) is 0 Å². The first-order valence-electron chi connectivity index (χ1n) is 12.8. The van der Waals surface area contributed by atoms with Crippen LogP contribution in [0.1, 0.15) is 21.5 Å². The molecule has 200 valence electrons. The number of hydrogen-bond donors (Lipinski definition) is 2. The summed E-state index contributed by atoms with van der Waals surface area (Å²) in [4.78, 5) is 43.9. The van der Waals surface area contributed by atoms with Gasteiger partial charge in [0, 0.05) is 50.2 Å². The molecule has 39 heavy (non-hydrogen) atoms. The van der Waals surface area contributed by atoms with Crippen LogP contribution in [-0.2, 0) is 9.53 Å². The molecule has 9 heteroatoms. The van der Waals surface area contributed by atoms with Crippen LogP contribution in [0.25, 0.3) is 11.3 Å². The van der Waals surface area contributed by atoms with Gasteiger partial charge in [0.15, 0.2) is 0 Å². The van der Waals surface area contributed by atoms with Crippen LogP contribution in [0, 0.1) is 0 Å². The van der Waals surface area contributed by atoms with Gasteiger partial charge in [-0.05, 0) is 49.0 Å². The maximum Gasteiger partial charge on any atom is 0.337 e. The number of fused-ring (bicyclic) bond motifs is 1. The predicted octanol–water partition coefficient (Wildman–Crippen LogP) is 4.21. The second kappa shape index (κ2) is 11.0. The summed E-state index contributed by atoms with van der Waals surface area (Å²) in [5.74, 6) is -0.741. The molecular weight excluding hydrogens is 494 g/mol. The van der Waals surface area contributed by atoms with Crippen LogP contribution in [0.3, 0.4) is 0 Å². The fourth-order valence-electron chi connectivity index (χ4n) is 4.78. The molecule has 0 aliphatic carbocycles. The zero-order chi connectivity index (χ0) is 27.5. The Balaban J connectivity index is 1.44. The lowest BCUT2D eigenvalue weighted by Crippen LogP contribution is -2.51. The number of rotatable bonds is 5. The van der Waals surface area contributed by atoms with E-state index in [0.29, 0.717) is 41.2 Å². The third-order valence-corrected chi connectivity index (χ3v) is 7.08. The molecule has 2 N–H and O–H groups in total. The molecule has 0 atom stereocenters. The van der Waals surface area contributed by atoms with Gasteiger partial charge in [-0.25, -0.2) is 9.59 Å². The zero-order valence-electron chi connectivity index (χ0n) is 22.2. The summed E-state index contributed by atoms with van der Waals surface area (Å²) >= 11 is 0. The van der Waals surface area contributed by atoms with Crippen LogP contribution >= 0.6 is 0 Å². The predicted molar refractivity (Wildman–Crippen MR) is 153 cm³/mol. The molecule has 0 aromatic heterocycles. The number of benzene rings is 3. The number of carbonyl (C=O) groups is 3. The minimum atomic E-state index is -0.470. The van der Waals surface area contributed by atoms with Crippen molar-refractivity contribution in [2.75, 3.05) is 62.9 Å². The average molecular weight is 526 g/mol. The lowest BCUT2D eigenvalue weighted by atomic mass is 9.99. The monoisotopic (exact) mass is 525 g/mol. The maximum absolute atomic E-state index is 13.2. The largest absolute Gasteiger partial charge is 0.465 e. The summed E-state index contributed by atoms with van der Waals surface area (Å²) in [5, 5.41) is 6.31. The lowest BCUT2D eigenvalue weighted by Gasteiger charge is -2.35. The van der Waals surface area contributed by atoms with Crippen LogP contribution in [0.5, 0.6) is 0 Å². The molecule has 1 saturated heterocycles. The van der Waals surface area contributed by atoms with Crippen LogP contribution in [0.4, 0.5) is 21.9 Å². The SMILES string of the molecule is COC(=O)c1ccc2c(c1)NC(=O)/C2=C(\Nc1ccc(N(C)C(=O)N2CCN(C)CC2)cc1)c1ccccc1. The first-order chi connectivity index (χ1) is 18.9. The quantitative estimate of drug-likeness (QED) is 0.383. The van der Waals surface area contributed by atoms with E-state index in [-0.39, 0.29) is 11.9 Å². The molecule has 0 bridgehead atoms. The number of methoxy groups -OCH3 is 1. The topological polar surface area (TPSA) is 94.2 Å². The van der Waals surface area contributed by atoms with Crippen molar-refractivity contribution in [1.82, 2.24) is 9.80 Å². The lowest BCUT2D eigenvalue weighted by molar-refractivity contribution is -0.110. The minimum Gasteiger partial charge on any atom is -0.465 e. The number of amides is 3. The number of urea groups is 1. The summed E-state index contributed by atoms with van der Waals surface area (Å²) in [5.41, 5.74) is 5.07. The molecule has 0 spiro atoms. The van der Waals surface area contributed by atoms with E-state index in [1.54, 1.807) is 30.1 Å². The number of nitrogens with one attached hydrogen (secondary N) is 2. The number of esters is 1. The molecule has 9 nitrogen and oxygen atoms in total. The first-order valence-corrected chi connectivity index (χ1v) is 12.8. The molecule has 3 amide bonds. The molecule has 0 unspecified atom stereocenters. The third kappa shape index (κ3) is 5.35. The molecule has 2 aliphatic heterocycles. The van der Waals surface area contributed by atoms with Gasteiger partial charge in [-0.3, -0.25) is 9.69 Å². The van der Waals surface area contributed by atoms with Crippen molar-refractivity contribution >= 4 is 46.2 Å². The van der Waals surface area contributed by atoms with E-state index in [1.165, 1.54) is 7.11 Å². The Hall–Kier alpha value is -4.63. The second-order valence-corrected chi connectivity index (χ2v) is 9.63. The Morgan fingerprint density at radius 2 is 1.62 bits per heavy atom. The Labute approximate surface area is 227 Å². The second-order valence-electron chi connectivity index (χ2n) is 9.63. The van der Waals surface area contributed by atoms with E-state index in [0.717, 1.165) is 30.0 Å².